The van der Waals surface area contributed by atoms with E-state index in [9.17, 15) is 15.0 Å². The highest BCUT2D eigenvalue weighted by atomic mass is 16.4. The Labute approximate surface area is 84.6 Å². The van der Waals surface area contributed by atoms with Gasteiger partial charge in [0.05, 0.1) is 0 Å². The number of rotatable bonds is 2. The molecule has 0 aliphatic carbocycles. The summed E-state index contributed by atoms with van der Waals surface area (Å²) in [6, 6.07) is 4.76. The summed E-state index contributed by atoms with van der Waals surface area (Å²) in [7, 11) is 0. The number of carboxylic acids is 1. The zero-order chi connectivity index (χ0) is 11.0. The number of aromatic amines is 1. The minimum atomic E-state index is -1.63. The number of aromatic hydroxyl groups is 1. The summed E-state index contributed by atoms with van der Waals surface area (Å²) in [6.45, 7) is 0. The summed E-state index contributed by atoms with van der Waals surface area (Å²) in [6.07, 6.45) is -0.254. The van der Waals surface area contributed by atoms with Gasteiger partial charge in [-0.1, -0.05) is 6.07 Å². The van der Waals surface area contributed by atoms with Crippen molar-refractivity contribution < 1.29 is 20.1 Å². The molecule has 5 nitrogen and oxygen atoms in total. The molecule has 1 atom stereocenters. The Morgan fingerprint density at radius 2 is 2.13 bits per heavy atom. The molecule has 0 saturated heterocycles. The monoisotopic (exact) mass is 207 g/mol. The van der Waals surface area contributed by atoms with E-state index in [1.165, 1.54) is 12.3 Å². The Morgan fingerprint density at radius 1 is 1.40 bits per heavy atom. The summed E-state index contributed by atoms with van der Waals surface area (Å²) >= 11 is 0. The Morgan fingerprint density at radius 3 is 2.80 bits per heavy atom. The van der Waals surface area contributed by atoms with Crippen molar-refractivity contribution in [2.24, 2.45) is 0 Å². The van der Waals surface area contributed by atoms with E-state index in [-0.39, 0.29) is 11.3 Å². The number of carbonyl (C=O) groups is 1. The molecule has 1 aromatic heterocycles. The number of phenols is 1. The first kappa shape index (κ1) is 9.54. The molecule has 15 heavy (non-hydrogen) atoms. The van der Waals surface area contributed by atoms with E-state index < -0.39 is 12.1 Å². The van der Waals surface area contributed by atoms with Gasteiger partial charge in [0.1, 0.15) is 5.75 Å². The van der Waals surface area contributed by atoms with E-state index in [4.69, 9.17) is 5.11 Å². The molecule has 1 heterocycles. The smallest absolute Gasteiger partial charge is 0.337 e. The van der Waals surface area contributed by atoms with E-state index >= 15 is 0 Å². The van der Waals surface area contributed by atoms with E-state index in [0.29, 0.717) is 10.9 Å². The van der Waals surface area contributed by atoms with Crippen molar-refractivity contribution in [3.63, 3.8) is 0 Å². The first-order valence-electron chi connectivity index (χ1n) is 4.31. The van der Waals surface area contributed by atoms with Crippen molar-refractivity contribution in [3.05, 3.63) is 30.0 Å². The van der Waals surface area contributed by atoms with Crippen LogP contribution in [0.1, 0.15) is 11.7 Å². The maximum Gasteiger partial charge on any atom is 0.337 e. The maximum atomic E-state index is 10.6. The summed E-state index contributed by atoms with van der Waals surface area (Å²) in [5.74, 6) is -1.40. The molecule has 0 aliphatic heterocycles. The number of hydrogen-bond acceptors (Lipinski definition) is 3. The van der Waals surface area contributed by atoms with Crippen LogP contribution >= 0.6 is 0 Å². The second-order valence-corrected chi connectivity index (χ2v) is 3.18. The molecule has 2 aromatic rings. The van der Waals surface area contributed by atoms with E-state index in [0.717, 1.165) is 0 Å². The number of nitrogens with one attached hydrogen (secondary N) is 1. The lowest BCUT2D eigenvalue weighted by Crippen LogP contribution is -2.09. The van der Waals surface area contributed by atoms with Crippen molar-refractivity contribution in [3.8, 4) is 5.75 Å². The number of aromatic nitrogens is 1. The number of fused-ring (bicyclic) bond motifs is 1. The molecule has 5 heteroatoms. The fourth-order valence-electron chi connectivity index (χ4n) is 1.54. The average Bonchev–Trinajstić information content (AvgIpc) is 2.61. The second kappa shape index (κ2) is 3.29. The van der Waals surface area contributed by atoms with Gasteiger partial charge < -0.3 is 20.3 Å². The number of phenolic OH excluding ortho intramolecular Hbond substituents is 1. The number of carboxylic acid groups (broad SMARTS) is 1. The van der Waals surface area contributed by atoms with Gasteiger partial charge in [-0.05, 0) is 12.1 Å². The Bertz CT molecular complexity index is 517. The first-order chi connectivity index (χ1) is 7.11. The lowest BCUT2D eigenvalue weighted by Gasteiger charge is -2.04. The van der Waals surface area contributed by atoms with Gasteiger partial charge in [-0.25, -0.2) is 4.79 Å². The highest BCUT2D eigenvalue weighted by Crippen LogP contribution is 2.31. The molecule has 4 N–H and O–H groups in total. The van der Waals surface area contributed by atoms with Gasteiger partial charge in [0.25, 0.3) is 0 Å². The number of aliphatic carboxylic acids is 1. The lowest BCUT2D eigenvalue weighted by molar-refractivity contribution is -0.146. The molecule has 0 radical (unpaired) electrons. The van der Waals surface area contributed by atoms with Crippen LogP contribution in [0, 0.1) is 0 Å². The molecule has 0 saturated carbocycles. The van der Waals surface area contributed by atoms with Crippen molar-refractivity contribution >= 4 is 16.9 Å². The zero-order valence-electron chi connectivity index (χ0n) is 7.64. The molecule has 0 aliphatic rings. The van der Waals surface area contributed by atoms with Crippen molar-refractivity contribution in [2.75, 3.05) is 0 Å². The summed E-state index contributed by atoms with van der Waals surface area (Å²) in [5, 5.41) is 27.9. The van der Waals surface area contributed by atoms with Crippen molar-refractivity contribution in [1.29, 1.82) is 0 Å². The van der Waals surface area contributed by atoms with Gasteiger partial charge in [0.15, 0.2) is 6.10 Å². The fourth-order valence-corrected chi connectivity index (χ4v) is 1.54. The van der Waals surface area contributed by atoms with Crippen LogP contribution in [0.25, 0.3) is 10.9 Å². The van der Waals surface area contributed by atoms with Crippen molar-refractivity contribution in [2.45, 2.75) is 6.10 Å². The highest BCUT2D eigenvalue weighted by molar-refractivity contribution is 5.92. The van der Waals surface area contributed by atoms with Crippen LogP contribution in [0.15, 0.2) is 24.4 Å². The third kappa shape index (κ3) is 1.42. The van der Waals surface area contributed by atoms with Crippen LogP contribution in [0.4, 0.5) is 0 Å². The number of hydrogen-bond donors (Lipinski definition) is 4. The Balaban J connectivity index is 2.67. The van der Waals surface area contributed by atoms with E-state index in [1.807, 2.05) is 0 Å². The lowest BCUT2D eigenvalue weighted by atomic mass is 10.1. The number of aliphatic hydroxyl groups excluding tert-OH is 1. The standard InChI is InChI=1S/C10H9NO4/c12-7-3-1-2-6-8(7)5(4-11-6)9(13)10(14)15/h1-4,9,11-13H,(H,14,15). The van der Waals surface area contributed by atoms with E-state index in [1.54, 1.807) is 12.1 Å². The van der Waals surface area contributed by atoms with Gasteiger partial charge >= 0.3 is 5.97 Å². The van der Waals surface area contributed by atoms with Crippen molar-refractivity contribution in [1.82, 2.24) is 4.98 Å². The molecular formula is C10H9NO4. The third-order valence-corrected chi connectivity index (χ3v) is 2.24. The summed E-state index contributed by atoms with van der Waals surface area (Å²) < 4.78 is 0. The van der Waals surface area contributed by atoms with Gasteiger partial charge in [-0.15, -0.1) is 0 Å². The molecule has 78 valence electrons. The molecule has 2 rings (SSSR count). The Hall–Kier alpha value is -2.01. The highest BCUT2D eigenvalue weighted by Gasteiger charge is 2.21. The molecule has 0 amide bonds. The molecule has 0 spiro atoms. The fraction of sp³-hybridized carbons (Fsp3) is 0.100. The topological polar surface area (TPSA) is 93.5 Å². The molecule has 1 unspecified atom stereocenters. The minimum absolute atomic E-state index is 0.0518. The second-order valence-electron chi connectivity index (χ2n) is 3.18. The van der Waals surface area contributed by atoms with Crippen LogP contribution in [-0.2, 0) is 4.79 Å². The van der Waals surface area contributed by atoms with Crippen LogP contribution in [0.3, 0.4) is 0 Å². The first-order valence-corrected chi connectivity index (χ1v) is 4.31. The third-order valence-electron chi connectivity index (χ3n) is 2.24. The van der Waals surface area contributed by atoms with Crippen LogP contribution in [0.5, 0.6) is 5.75 Å². The molecule has 1 aromatic carbocycles. The summed E-state index contributed by atoms with van der Waals surface area (Å²) in [5.41, 5.74) is 0.751. The number of aliphatic hydroxyl groups is 1. The van der Waals surface area contributed by atoms with Crippen LogP contribution < -0.4 is 0 Å². The Kier molecular flexibility index (Phi) is 2.09. The van der Waals surface area contributed by atoms with E-state index in [2.05, 4.69) is 4.98 Å². The SMILES string of the molecule is O=C(O)C(O)c1c[nH]c2cccc(O)c12. The average molecular weight is 207 g/mol. The normalized spacial score (nSPS) is 12.9. The minimum Gasteiger partial charge on any atom is -0.507 e. The molecule has 0 fully saturated rings. The van der Waals surface area contributed by atoms with Crippen LogP contribution in [0.2, 0.25) is 0 Å². The van der Waals surface area contributed by atoms with Gasteiger partial charge in [-0.2, -0.15) is 0 Å². The number of H-pyrrole nitrogens is 1. The zero-order valence-corrected chi connectivity index (χ0v) is 7.64. The molecular weight excluding hydrogens is 198 g/mol. The maximum absolute atomic E-state index is 10.6. The predicted octanol–water partition coefficient (Wildman–Crippen LogP) is 0.991. The van der Waals surface area contributed by atoms with Crippen LogP contribution in [-0.4, -0.2) is 26.3 Å². The quantitative estimate of drug-likeness (QED) is 0.590. The van der Waals surface area contributed by atoms with Gasteiger partial charge in [0, 0.05) is 22.7 Å². The predicted molar refractivity (Wildman–Crippen MR) is 52.6 cm³/mol. The van der Waals surface area contributed by atoms with Gasteiger partial charge in [-0.3, -0.25) is 0 Å². The largest absolute Gasteiger partial charge is 0.507 e. The molecule has 0 bridgehead atoms. The number of benzene rings is 1. The van der Waals surface area contributed by atoms with Gasteiger partial charge in [0.2, 0.25) is 0 Å². The summed E-state index contributed by atoms with van der Waals surface area (Å²) in [4.78, 5) is 13.4.